The summed E-state index contributed by atoms with van der Waals surface area (Å²) in [6, 6.07) is 16.9. The number of benzene rings is 2. The largest absolute Gasteiger partial charge is 0.423 e. The highest BCUT2D eigenvalue weighted by Crippen LogP contribution is 2.26. The van der Waals surface area contributed by atoms with Gasteiger partial charge in [-0.1, -0.05) is 18.2 Å². The van der Waals surface area contributed by atoms with Crippen LogP contribution < -0.4 is 4.74 Å². The summed E-state index contributed by atoms with van der Waals surface area (Å²) in [4.78, 5) is 16.8. The van der Waals surface area contributed by atoms with E-state index in [9.17, 15) is 4.79 Å². The van der Waals surface area contributed by atoms with Crippen LogP contribution in [-0.4, -0.2) is 11.0 Å². The number of nitrogens with zero attached hydrogens (tertiary/aromatic N) is 1. The molecular formula is C20H16BrNO2. The topological polar surface area (TPSA) is 39.2 Å². The second kappa shape index (κ2) is 6.97. The van der Waals surface area contributed by atoms with Crippen LogP contribution in [0.1, 0.15) is 21.5 Å². The minimum Gasteiger partial charge on any atom is -0.423 e. The fraction of sp³-hybridized carbons (Fsp3) is 0.100. The van der Waals surface area contributed by atoms with Gasteiger partial charge in [0.2, 0.25) is 0 Å². The Morgan fingerprint density at radius 2 is 1.75 bits per heavy atom. The fourth-order valence-corrected chi connectivity index (χ4v) is 3.07. The average Bonchev–Trinajstić information content (AvgIpc) is 2.54. The zero-order valence-electron chi connectivity index (χ0n) is 13.4. The summed E-state index contributed by atoms with van der Waals surface area (Å²) in [7, 11) is 0. The monoisotopic (exact) mass is 381 g/mol. The summed E-state index contributed by atoms with van der Waals surface area (Å²) < 4.78 is 6.18. The Labute approximate surface area is 149 Å². The number of aromatic nitrogens is 1. The molecular weight excluding hydrogens is 366 g/mol. The van der Waals surface area contributed by atoms with Crippen molar-refractivity contribution in [3.8, 4) is 17.0 Å². The number of aryl methyl sites for hydroxylation is 2. The quantitative estimate of drug-likeness (QED) is 0.453. The molecule has 0 aliphatic rings. The Morgan fingerprint density at radius 3 is 2.38 bits per heavy atom. The maximum atomic E-state index is 12.4. The lowest BCUT2D eigenvalue weighted by molar-refractivity contribution is 0.0734. The summed E-state index contributed by atoms with van der Waals surface area (Å²) in [6.45, 7) is 3.95. The van der Waals surface area contributed by atoms with Crippen molar-refractivity contribution in [3.63, 3.8) is 0 Å². The molecule has 1 heterocycles. The van der Waals surface area contributed by atoms with Crippen LogP contribution in [0.15, 0.2) is 65.3 Å². The van der Waals surface area contributed by atoms with Gasteiger partial charge >= 0.3 is 5.97 Å². The Balaban J connectivity index is 1.85. The van der Waals surface area contributed by atoms with Crippen molar-refractivity contribution in [3.05, 3.63) is 82.0 Å². The van der Waals surface area contributed by atoms with Crippen LogP contribution in [0.4, 0.5) is 0 Å². The predicted molar refractivity (Wildman–Crippen MR) is 98.2 cm³/mol. The summed E-state index contributed by atoms with van der Waals surface area (Å²) in [5.41, 5.74) is 4.39. The van der Waals surface area contributed by atoms with Crippen molar-refractivity contribution in [2.24, 2.45) is 0 Å². The van der Waals surface area contributed by atoms with Gasteiger partial charge < -0.3 is 4.74 Å². The van der Waals surface area contributed by atoms with Crippen LogP contribution in [0.25, 0.3) is 11.3 Å². The predicted octanol–water partition coefficient (Wildman–Crippen LogP) is 5.35. The van der Waals surface area contributed by atoms with Crippen LogP contribution in [0, 0.1) is 13.8 Å². The molecule has 1 aromatic heterocycles. The molecule has 2 aromatic carbocycles. The van der Waals surface area contributed by atoms with E-state index >= 15 is 0 Å². The summed E-state index contributed by atoms with van der Waals surface area (Å²) in [5, 5.41) is 0. The molecule has 24 heavy (non-hydrogen) atoms. The highest BCUT2D eigenvalue weighted by Gasteiger charge is 2.14. The lowest BCUT2D eigenvalue weighted by atomic mass is 10.1. The minimum atomic E-state index is -0.389. The van der Waals surface area contributed by atoms with Crippen LogP contribution in [-0.2, 0) is 0 Å². The van der Waals surface area contributed by atoms with E-state index in [1.165, 1.54) is 0 Å². The van der Waals surface area contributed by atoms with E-state index in [1.807, 2.05) is 62.4 Å². The van der Waals surface area contributed by atoms with Gasteiger partial charge in [0.25, 0.3) is 0 Å². The van der Waals surface area contributed by atoms with Crippen molar-refractivity contribution >= 4 is 21.9 Å². The third-order valence-electron chi connectivity index (χ3n) is 3.56. The number of ether oxygens (including phenoxy) is 1. The van der Waals surface area contributed by atoms with Gasteiger partial charge in [0.15, 0.2) is 0 Å². The number of carbonyl (C=O) groups excluding carboxylic acids is 1. The van der Waals surface area contributed by atoms with Crippen LogP contribution >= 0.6 is 15.9 Å². The molecule has 0 atom stereocenters. The van der Waals surface area contributed by atoms with E-state index in [-0.39, 0.29) is 5.97 Å². The highest BCUT2D eigenvalue weighted by atomic mass is 79.9. The Kier molecular flexibility index (Phi) is 4.76. The normalized spacial score (nSPS) is 10.5. The van der Waals surface area contributed by atoms with Crippen molar-refractivity contribution in [1.29, 1.82) is 0 Å². The van der Waals surface area contributed by atoms with Crippen LogP contribution in [0.3, 0.4) is 0 Å². The standard InChI is InChI=1S/C20H16BrNO2/c1-13-9-14(2)11-16(10-13)24-20(23)17-7-6-15(12-18(17)21)19-5-3-4-8-22-19/h3-12H,1-2H3. The number of halogens is 1. The average molecular weight is 382 g/mol. The molecule has 4 heteroatoms. The van der Waals surface area contributed by atoms with Gasteiger partial charge in [-0.3, -0.25) is 4.98 Å². The summed E-state index contributed by atoms with van der Waals surface area (Å²) in [5.74, 6) is 0.164. The van der Waals surface area contributed by atoms with Gasteiger partial charge in [-0.25, -0.2) is 4.79 Å². The fourth-order valence-electron chi connectivity index (χ4n) is 2.53. The molecule has 0 bridgehead atoms. The second-order valence-corrected chi connectivity index (χ2v) is 6.48. The lowest BCUT2D eigenvalue weighted by Crippen LogP contribution is -2.09. The molecule has 0 saturated heterocycles. The zero-order valence-corrected chi connectivity index (χ0v) is 15.0. The first-order valence-corrected chi connectivity index (χ1v) is 8.33. The molecule has 0 spiro atoms. The number of hydrogen-bond donors (Lipinski definition) is 0. The molecule has 0 fully saturated rings. The first-order valence-electron chi connectivity index (χ1n) is 7.54. The molecule has 120 valence electrons. The molecule has 0 radical (unpaired) electrons. The molecule has 3 nitrogen and oxygen atoms in total. The van der Waals surface area contributed by atoms with E-state index in [2.05, 4.69) is 20.9 Å². The Hall–Kier alpha value is -2.46. The van der Waals surface area contributed by atoms with Gasteiger partial charge in [-0.15, -0.1) is 0 Å². The molecule has 0 saturated carbocycles. The SMILES string of the molecule is Cc1cc(C)cc(OC(=O)c2ccc(-c3ccccn3)cc2Br)c1. The summed E-state index contributed by atoms with van der Waals surface area (Å²) in [6.07, 6.45) is 1.74. The number of carbonyl (C=O) groups is 1. The van der Waals surface area contributed by atoms with E-state index in [1.54, 1.807) is 12.3 Å². The number of hydrogen-bond acceptors (Lipinski definition) is 3. The number of esters is 1. The van der Waals surface area contributed by atoms with E-state index < -0.39 is 0 Å². The molecule has 0 aliphatic carbocycles. The van der Waals surface area contributed by atoms with Crippen molar-refractivity contribution in [1.82, 2.24) is 4.98 Å². The third-order valence-corrected chi connectivity index (χ3v) is 4.21. The van der Waals surface area contributed by atoms with Crippen molar-refractivity contribution < 1.29 is 9.53 Å². The highest BCUT2D eigenvalue weighted by molar-refractivity contribution is 9.10. The van der Waals surface area contributed by atoms with Crippen molar-refractivity contribution in [2.75, 3.05) is 0 Å². The molecule has 0 N–H and O–H groups in total. The lowest BCUT2D eigenvalue weighted by Gasteiger charge is -2.09. The first-order chi connectivity index (χ1) is 11.5. The van der Waals surface area contributed by atoms with E-state index in [4.69, 9.17) is 4.74 Å². The second-order valence-electron chi connectivity index (χ2n) is 5.62. The van der Waals surface area contributed by atoms with Gasteiger partial charge in [0, 0.05) is 16.2 Å². The molecule has 3 rings (SSSR count). The number of rotatable bonds is 3. The van der Waals surface area contributed by atoms with E-state index in [0.717, 1.165) is 22.4 Å². The number of pyridine rings is 1. The molecule has 0 amide bonds. The van der Waals surface area contributed by atoms with Gasteiger partial charge in [0.05, 0.1) is 11.3 Å². The Bertz CT molecular complexity index is 871. The van der Waals surface area contributed by atoms with Gasteiger partial charge in [0.1, 0.15) is 5.75 Å². The maximum absolute atomic E-state index is 12.4. The van der Waals surface area contributed by atoms with Crippen LogP contribution in [0.2, 0.25) is 0 Å². The van der Waals surface area contributed by atoms with Crippen LogP contribution in [0.5, 0.6) is 5.75 Å². The maximum Gasteiger partial charge on any atom is 0.344 e. The van der Waals surface area contributed by atoms with Gasteiger partial charge in [-0.2, -0.15) is 0 Å². The molecule has 0 aliphatic heterocycles. The third kappa shape index (κ3) is 3.71. The van der Waals surface area contributed by atoms with Crippen molar-refractivity contribution in [2.45, 2.75) is 13.8 Å². The molecule has 3 aromatic rings. The smallest absolute Gasteiger partial charge is 0.344 e. The van der Waals surface area contributed by atoms with Gasteiger partial charge in [-0.05, 0) is 77.3 Å². The van der Waals surface area contributed by atoms with E-state index in [0.29, 0.717) is 15.8 Å². The zero-order chi connectivity index (χ0) is 17.1. The minimum absolute atomic E-state index is 0.389. The Morgan fingerprint density at radius 1 is 1.00 bits per heavy atom. The summed E-state index contributed by atoms with van der Waals surface area (Å²) >= 11 is 3.46. The molecule has 0 unspecified atom stereocenters. The first kappa shape index (κ1) is 16.4.